The Kier molecular flexibility index (Phi) is 43.8. The molecule has 6 amide bonds. The average molecular weight is 2180 g/mol. The maximum absolute atomic E-state index is 14.6. The van der Waals surface area contributed by atoms with E-state index in [0.29, 0.717) is 6.92 Å². The standard InChI is InChI=1S/C81H130N6O62/c1-21(98)82-41-26(103)6-77(72(123)124,143-61(41)47(111)31(108)11-88)140-35(15-92)51(115)63-43(84-23(3)100)28(105)8-79(145-63,74(127)128)142-37(17-94)53(117)65-45(87-40(110)20-97)30(107)10-81(147-65,76(131)132)149-67-57(121)71(137-58-38(18-95)133-68(122)55(119)54(58)118)136-39(19-96)59(67)138-69-46(86-25(5)102)60(49(113)33(13-90)134-69)139-70-56(120)66(50(114)34(14-91)135-70)148-80(75(129)130)9-29(106)44(85-24(4)101)64(146-80)52(116)36(16-93)141-78(73(125)126)7-27(104)42(83-22(2)99)62(144-78)48(112)32(109)12-89/h26-39,41-71,88-97,103-109,111-122H,6-20H2,1-5H3,(H,82,98)(H,83,99)(H,84,100)(H,85,101)(H,86,102)(H,87,110)(H,123,124)(H,125,126)(H,127,128)(H,129,130)(H,131,132)/t26-,27-,28-,29-,30-,31+,32+,33+,34+,35+,36+,37+,38+,39+,41+,42+,43+,44+,45+,46+,47+,48+,49-,50-,51+,52+,53+,54+,55+,56+,57+,58+,59-,60+,61+,62+,63+,64+,65+,66-,67+,68+,69-,70-,71-,77+,78+,79+,80-,81-/m0/s1. The summed E-state index contributed by atoms with van der Waals surface area (Å²) in [6.45, 7) is -11.2. The van der Waals surface area contributed by atoms with Gasteiger partial charge in [0, 0.05) is 66.7 Å². The molecule has 0 aliphatic carbocycles. The zero-order valence-electron chi connectivity index (χ0n) is 79.2. The van der Waals surface area contributed by atoms with Gasteiger partial charge >= 0.3 is 29.8 Å². The molecule has 68 nitrogen and oxygen atoms in total. The number of carboxylic acids is 5. The molecule has 9 fully saturated rings. The van der Waals surface area contributed by atoms with Gasteiger partial charge in [-0.3, -0.25) is 28.8 Å². The fourth-order valence-corrected chi connectivity index (χ4v) is 18.9. The summed E-state index contributed by atoms with van der Waals surface area (Å²) in [6, 6.07) is -13.1. The molecule has 0 aromatic rings. The number of carbonyl (C=O) groups is 11. The summed E-state index contributed by atoms with van der Waals surface area (Å²) in [6.07, 6.45) is -108. The summed E-state index contributed by atoms with van der Waals surface area (Å²) in [7, 11) is 0. The van der Waals surface area contributed by atoms with Gasteiger partial charge in [0.1, 0.15) is 196 Å². The maximum atomic E-state index is 14.6. The predicted molar refractivity (Wildman–Crippen MR) is 454 cm³/mol. The third-order valence-corrected chi connectivity index (χ3v) is 26.2. The van der Waals surface area contributed by atoms with Crippen molar-refractivity contribution in [2.45, 2.75) is 371 Å². The first-order valence-electron chi connectivity index (χ1n) is 45.9. The van der Waals surface area contributed by atoms with Crippen molar-refractivity contribution in [2.75, 3.05) is 66.1 Å². The Morgan fingerprint density at radius 2 is 0.557 bits per heavy atom. The number of aliphatic carboxylic acids is 5. The summed E-state index contributed by atoms with van der Waals surface area (Å²) in [5, 5.41) is 397. The van der Waals surface area contributed by atoms with Gasteiger partial charge in [0.2, 0.25) is 35.4 Å². The molecule has 0 bridgehead atoms. The van der Waals surface area contributed by atoms with Crippen LogP contribution in [0.2, 0.25) is 0 Å². The number of hydrogen-bond donors (Lipinski definition) is 40. The lowest BCUT2D eigenvalue weighted by Crippen LogP contribution is -2.73. The van der Waals surface area contributed by atoms with Gasteiger partial charge in [0.05, 0.1) is 120 Å². The molecule has 0 saturated carbocycles. The van der Waals surface area contributed by atoms with Gasteiger partial charge in [0.25, 0.3) is 28.9 Å². The Labute approximate surface area is 838 Å². The van der Waals surface area contributed by atoms with Crippen LogP contribution in [0.1, 0.15) is 66.7 Å². The molecule has 0 aromatic heterocycles. The molecule has 0 unspecified atom stereocenters. The smallest absolute Gasteiger partial charge is 0.364 e. The second kappa shape index (κ2) is 52.3. The van der Waals surface area contributed by atoms with E-state index < -0.39 is 467 Å². The number of hydrogen-bond acceptors (Lipinski definition) is 57. The number of carbonyl (C=O) groups excluding carboxylic acids is 6. The highest BCUT2D eigenvalue weighted by atomic mass is 16.8. The van der Waals surface area contributed by atoms with Gasteiger partial charge in [-0.2, -0.15) is 0 Å². The van der Waals surface area contributed by atoms with Crippen LogP contribution in [-0.2, 0) is 133 Å². The Bertz CT molecular complexity index is 4470. The summed E-state index contributed by atoms with van der Waals surface area (Å²) < 4.78 is 99.2. The van der Waals surface area contributed by atoms with Gasteiger partial charge in [0.15, 0.2) is 25.2 Å². The van der Waals surface area contributed by atoms with Crippen LogP contribution in [0.3, 0.4) is 0 Å². The minimum atomic E-state index is -4.02. The van der Waals surface area contributed by atoms with Gasteiger partial charge in [-0.05, 0) is 0 Å². The third kappa shape index (κ3) is 27.4. The van der Waals surface area contributed by atoms with E-state index >= 15 is 0 Å². The number of amides is 6. The van der Waals surface area contributed by atoms with Crippen LogP contribution in [0.5, 0.6) is 0 Å². The summed E-state index contributed by atoms with van der Waals surface area (Å²) in [5.41, 5.74) is 0. The highest BCUT2D eigenvalue weighted by Crippen LogP contribution is 2.47. The molecule has 149 heavy (non-hydrogen) atoms. The number of rotatable bonds is 47. The van der Waals surface area contributed by atoms with Crippen LogP contribution in [0.15, 0.2) is 0 Å². The normalized spacial score (nSPS) is 41.7. The summed E-state index contributed by atoms with van der Waals surface area (Å²) >= 11 is 0. The minimum Gasteiger partial charge on any atom is -0.477 e. The van der Waals surface area contributed by atoms with Gasteiger partial charge < -0.3 is 286 Å². The molecule has 0 aromatic carbocycles. The molecular weight excluding hydrogens is 2050 g/mol. The van der Waals surface area contributed by atoms with Gasteiger partial charge in [-0.25, -0.2) is 24.0 Å². The van der Waals surface area contributed by atoms with Crippen LogP contribution in [0, 0.1) is 0 Å². The predicted octanol–water partition coefficient (Wildman–Crippen LogP) is -24.8. The molecule has 9 rings (SSSR count). The average Bonchev–Trinajstić information content (AvgIpc) is 0.740. The van der Waals surface area contributed by atoms with Crippen LogP contribution >= 0.6 is 0 Å². The van der Waals surface area contributed by atoms with Gasteiger partial charge in [-0.1, -0.05) is 0 Å². The topological polar surface area (TPSA) is 1100 Å². The highest BCUT2D eigenvalue weighted by Gasteiger charge is 2.69. The van der Waals surface area contributed by atoms with Crippen molar-refractivity contribution in [3.05, 3.63) is 0 Å². The zero-order valence-corrected chi connectivity index (χ0v) is 79.2. The van der Waals surface area contributed by atoms with E-state index in [9.17, 15) is 226 Å². The molecule has 40 N–H and O–H groups in total. The lowest BCUT2D eigenvalue weighted by Gasteiger charge is -2.53. The molecule has 68 heteroatoms. The van der Waals surface area contributed by atoms with Crippen molar-refractivity contribution < 1.29 is 307 Å². The highest BCUT2D eigenvalue weighted by molar-refractivity contribution is 5.81. The largest absolute Gasteiger partial charge is 0.477 e. The first kappa shape index (κ1) is 125. The fourth-order valence-electron chi connectivity index (χ4n) is 18.9. The maximum Gasteiger partial charge on any atom is 0.364 e. The van der Waals surface area contributed by atoms with E-state index in [0.717, 1.165) is 27.7 Å². The third-order valence-electron chi connectivity index (χ3n) is 26.2. The molecular formula is C81H130N6O62. The Morgan fingerprint density at radius 3 is 0.872 bits per heavy atom. The zero-order chi connectivity index (χ0) is 112. The molecule has 9 heterocycles. The van der Waals surface area contributed by atoms with E-state index in [1.807, 2.05) is 5.32 Å². The van der Waals surface area contributed by atoms with Crippen LogP contribution in [0.4, 0.5) is 0 Å². The van der Waals surface area contributed by atoms with Crippen molar-refractivity contribution in [2.24, 2.45) is 0 Å². The number of ether oxygens (including phenoxy) is 17. The quantitative estimate of drug-likeness (QED) is 0.0269. The number of aliphatic hydroxyl groups is 29. The Morgan fingerprint density at radius 1 is 0.289 bits per heavy atom. The van der Waals surface area contributed by atoms with Crippen LogP contribution in [0.25, 0.3) is 0 Å². The molecule has 0 radical (unpaired) electrons. The first-order valence-corrected chi connectivity index (χ1v) is 45.9. The fraction of sp³-hybridized carbons (Fsp3) is 0.864. The summed E-state index contributed by atoms with van der Waals surface area (Å²) in [5.74, 6) is -37.7. The molecule has 9 aliphatic rings. The lowest BCUT2D eigenvalue weighted by molar-refractivity contribution is -0.405. The van der Waals surface area contributed by atoms with E-state index in [-0.39, 0.29) is 0 Å². The first-order chi connectivity index (χ1) is 69.7. The molecule has 9 aliphatic heterocycles. The molecule has 856 valence electrons. The number of aliphatic hydroxyl groups excluding tert-OH is 29. The van der Waals surface area contributed by atoms with E-state index in [4.69, 9.17) is 80.5 Å². The van der Waals surface area contributed by atoms with Crippen molar-refractivity contribution in [3.63, 3.8) is 0 Å². The van der Waals surface area contributed by atoms with Gasteiger partial charge in [-0.15, -0.1) is 0 Å². The number of nitrogens with one attached hydrogen (secondary N) is 6. The molecule has 9 saturated heterocycles. The second-order valence-electron chi connectivity index (χ2n) is 36.7. The van der Waals surface area contributed by atoms with E-state index in [1.54, 1.807) is 0 Å². The molecule has 50 atom stereocenters. The van der Waals surface area contributed by atoms with Crippen molar-refractivity contribution in [3.8, 4) is 0 Å². The Hall–Kier alpha value is -7.67. The lowest BCUT2D eigenvalue weighted by atomic mass is 9.86. The van der Waals surface area contributed by atoms with Crippen LogP contribution < -0.4 is 31.9 Å². The summed E-state index contributed by atoms with van der Waals surface area (Å²) in [4.78, 5) is 147. The molecule has 0 spiro atoms. The van der Waals surface area contributed by atoms with E-state index in [2.05, 4.69) is 26.6 Å². The van der Waals surface area contributed by atoms with Crippen LogP contribution in [-0.4, -0.2) is 609 Å². The number of carboxylic acid groups (broad SMARTS) is 5. The Balaban J connectivity index is 1.09. The van der Waals surface area contributed by atoms with Crippen molar-refractivity contribution >= 4 is 65.3 Å². The monoisotopic (exact) mass is 2180 g/mol. The SMILES string of the molecule is CC(=O)N[C@H]1[C@H](O[C@@H]2[C@H](O[C@]3(C(=O)O)C[C@H](O)[C@@H](NC(=O)CO)[C@H]([C@H](O)[C@@H](CO)O[C@]4(C(=O)O)C[C@H](O)[C@@H](NC(C)=O)[C@H]([C@H](O)[C@@H](CO)O[C@]5(C(=O)O)C[C@H](O)[C@@H](NC(C)=O)[C@H]([C@H](O)[C@H](O)CO)O5)O4)O3)[C@@H](O)[C@H](O[C@H]3[C@H](O)[C@@H](O)[C@H](O)O[C@@H]3CO)O[C@@H]2CO)O[C@H](CO)[C@H](O)[C@@H]1O[C@@H]1O[C@H](CO)[C@H](O)[C@H](O[C@]2(C(=O)O)C[C@H](O)[C@@H](NC(C)=O)[C@H]([C@H](O)[C@@H](CO)O[C@]3(C(=O)O)C[C@H](O)[C@@H](NC(C)=O)[C@H]([C@H](O)[C@H](O)CO)O3)O2)[C@H]1O. The van der Waals surface area contributed by atoms with Crippen molar-refractivity contribution in [1.82, 2.24) is 31.9 Å². The van der Waals surface area contributed by atoms with Crippen molar-refractivity contribution in [1.29, 1.82) is 0 Å². The second-order valence-corrected chi connectivity index (χ2v) is 36.7. The van der Waals surface area contributed by atoms with E-state index in [1.165, 1.54) is 0 Å². The minimum absolute atomic E-state index is 0.714.